The van der Waals surface area contributed by atoms with E-state index >= 15 is 0 Å². The van der Waals surface area contributed by atoms with Gasteiger partial charge in [-0.2, -0.15) is 9.97 Å². The molecule has 0 saturated carbocycles. The number of rotatable bonds is 5. The third-order valence-electron chi connectivity index (χ3n) is 5.54. The second-order valence-electron chi connectivity index (χ2n) is 7.99. The molecule has 2 fully saturated rings. The number of nitrogens with zero attached hydrogens (tertiary/aromatic N) is 4. The van der Waals surface area contributed by atoms with Crippen molar-refractivity contribution >= 4 is 34.9 Å². The zero-order valence-electron chi connectivity index (χ0n) is 17.5. The molecule has 0 radical (unpaired) electrons. The highest BCUT2D eigenvalue weighted by atomic mass is 32.1. The van der Waals surface area contributed by atoms with E-state index in [2.05, 4.69) is 45.6 Å². The van der Waals surface area contributed by atoms with Gasteiger partial charge in [-0.3, -0.25) is 0 Å². The largest absolute Gasteiger partial charge is 0.378 e. The number of anilines is 3. The van der Waals surface area contributed by atoms with Crippen LogP contribution in [0, 0.1) is 5.92 Å². The molecule has 0 bridgehead atoms. The lowest BCUT2D eigenvalue weighted by Crippen LogP contribution is -2.38. The minimum absolute atomic E-state index is 0.524. The zero-order valence-corrected chi connectivity index (χ0v) is 18.3. The summed E-state index contributed by atoms with van der Waals surface area (Å²) in [5.74, 6) is 3.10. The van der Waals surface area contributed by atoms with Gasteiger partial charge in [-0.15, -0.1) is 0 Å². The molecular formula is C22H30N6OS. The Morgan fingerprint density at radius 2 is 1.83 bits per heavy atom. The van der Waals surface area contributed by atoms with Crippen LogP contribution in [0.4, 0.5) is 17.6 Å². The molecule has 2 aromatic rings. The summed E-state index contributed by atoms with van der Waals surface area (Å²) >= 11 is 5.50. The van der Waals surface area contributed by atoms with E-state index in [1.165, 1.54) is 18.4 Å². The fourth-order valence-electron chi connectivity index (χ4n) is 3.92. The number of aromatic nitrogens is 2. The lowest BCUT2D eigenvalue weighted by atomic mass is 10.0. The van der Waals surface area contributed by atoms with Gasteiger partial charge in [-0.1, -0.05) is 37.3 Å². The van der Waals surface area contributed by atoms with Gasteiger partial charge in [0.25, 0.3) is 0 Å². The van der Waals surface area contributed by atoms with Gasteiger partial charge < -0.3 is 25.2 Å². The fraction of sp³-hybridized carbons (Fsp3) is 0.500. The summed E-state index contributed by atoms with van der Waals surface area (Å²) in [5, 5.41) is 6.97. The molecule has 0 amide bonds. The van der Waals surface area contributed by atoms with Crippen molar-refractivity contribution < 1.29 is 4.74 Å². The third-order valence-corrected chi connectivity index (χ3v) is 5.78. The van der Waals surface area contributed by atoms with Gasteiger partial charge in [0.05, 0.1) is 13.2 Å². The second kappa shape index (κ2) is 10.0. The lowest BCUT2D eigenvalue weighted by molar-refractivity contribution is 0.122. The molecule has 1 aromatic heterocycles. The van der Waals surface area contributed by atoms with E-state index in [0.29, 0.717) is 23.5 Å². The molecule has 0 spiro atoms. The number of benzene rings is 1. The number of ether oxygens (including phenoxy) is 1. The highest BCUT2D eigenvalue weighted by Gasteiger charge is 2.21. The predicted octanol–water partition coefficient (Wildman–Crippen LogP) is 3.04. The van der Waals surface area contributed by atoms with Crippen molar-refractivity contribution in [3.8, 4) is 0 Å². The first-order valence-electron chi connectivity index (χ1n) is 10.7. The summed E-state index contributed by atoms with van der Waals surface area (Å²) in [4.78, 5) is 14.2. The van der Waals surface area contributed by atoms with Gasteiger partial charge >= 0.3 is 0 Å². The summed E-state index contributed by atoms with van der Waals surface area (Å²) in [6, 6.07) is 12.3. The minimum atomic E-state index is 0.524. The summed E-state index contributed by atoms with van der Waals surface area (Å²) in [6.07, 6.45) is 2.47. The van der Waals surface area contributed by atoms with Gasteiger partial charge in [-0.05, 0) is 36.5 Å². The number of nitrogens with one attached hydrogen (secondary N) is 2. The molecular weight excluding hydrogens is 396 g/mol. The zero-order chi connectivity index (χ0) is 20.8. The Morgan fingerprint density at radius 3 is 2.57 bits per heavy atom. The van der Waals surface area contributed by atoms with Crippen LogP contribution in [0.25, 0.3) is 0 Å². The highest BCUT2D eigenvalue weighted by Crippen LogP contribution is 2.26. The number of thiocarbonyl (C=S) groups is 1. The Hall–Kier alpha value is -2.45. The normalized spacial score (nSPS) is 19.4. The van der Waals surface area contributed by atoms with Gasteiger partial charge in [0, 0.05) is 38.8 Å². The first kappa shape index (κ1) is 20.8. The summed E-state index contributed by atoms with van der Waals surface area (Å²) in [6.45, 7) is 8.13. The Morgan fingerprint density at radius 1 is 1.10 bits per heavy atom. The second-order valence-corrected chi connectivity index (χ2v) is 8.40. The molecule has 160 valence electrons. The summed E-state index contributed by atoms with van der Waals surface area (Å²) < 4.78 is 5.51. The molecule has 1 aromatic carbocycles. The molecule has 3 heterocycles. The Kier molecular flexibility index (Phi) is 6.96. The van der Waals surface area contributed by atoms with E-state index in [9.17, 15) is 0 Å². The lowest BCUT2D eigenvalue weighted by Gasteiger charge is -2.33. The van der Waals surface area contributed by atoms with Crippen LogP contribution in [-0.4, -0.2) is 54.5 Å². The van der Waals surface area contributed by atoms with Crippen molar-refractivity contribution in [2.24, 2.45) is 5.92 Å². The standard InChI is InChI=1S/C22H30N6OS/c1-17-6-5-9-28(16-17)20-14-19(27-10-12-29-13-11-27)24-21(25-20)26-22(30)23-15-18-7-3-2-4-8-18/h2-4,7-8,14,17H,5-6,9-13,15-16H2,1H3,(H2,23,24,25,26,30)/t17-/m0/s1. The van der Waals surface area contributed by atoms with Crippen LogP contribution in [0.3, 0.4) is 0 Å². The molecule has 1 atom stereocenters. The quantitative estimate of drug-likeness (QED) is 0.708. The van der Waals surface area contributed by atoms with E-state index in [-0.39, 0.29) is 0 Å². The van der Waals surface area contributed by atoms with Crippen LogP contribution in [-0.2, 0) is 11.3 Å². The first-order chi connectivity index (χ1) is 14.7. The molecule has 7 nitrogen and oxygen atoms in total. The Labute approximate surface area is 183 Å². The average Bonchev–Trinajstić information content (AvgIpc) is 2.79. The van der Waals surface area contributed by atoms with Crippen molar-refractivity contribution in [3.05, 3.63) is 42.0 Å². The summed E-state index contributed by atoms with van der Waals surface area (Å²) in [5.41, 5.74) is 1.17. The molecule has 2 aliphatic heterocycles. The van der Waals surface area contributed by atoms with Crippen LogP contribution >= 0.6 is 12.2 Å². The molecule has 2 aliphatic rings. The van der Waals surface area contributed by atoms with Crippen LogP contribution in [0.2, 0.25) is 0 Å². The van der Waals surface area contributed by atoms with E-state index in [1.807, 2.05) is 18.2 Å². The molecule has 2 N–H and O–H groups in total. The summed E-state index contributed by atoms with van der Waals surface area (Å²) in [7, 11) is 0. The van der Waals surface area contributed by atoms with Crippen LogP contribution in [0.15, 0.2) is 36.4 Å². The maximum atomic E-state index is 5.51. The van der Waals surface area contributed by atoms with Gasteiger partial charge in [0.2, 0.25) is 5.95 Å². The SMILES string of the molecule is C[C@H]1CCCN(c2cc(N3CCOCC3)nc(NC(=S)NCc3ccccc3)n2)C1. The molecule has 8 heteroatoms. The van der Waals surface area contributed by atoms with Crippen molar-refractivity contribution in [2.45, 2.75) is 26.3 Å². The Bertz CT molecular complexity index is 843. The van der Waals surface area contributed by atoms with E-state index in [1.54, 1.807) is 0 Å². The van der Waals surface area contributed by atoms with Gasteiger partial charge in [-0.25, -0.2) is 0 Å². The number of hydrogen-bond acceptors (Lipinski definition) is 6. The van der Waals surface area contributed by atoms with Crippen LogP contribution < -0.4 is 20.4 Å². The topological polar surface area (TPSA) is 65.6 Å². The van der Waals surface area contributed by atoms with E-state index in [0.717, 1.165) is 51.0 Å². The van der Waals surface area contributed by atoms with Crippen molar-refractivity contribution in [1.29, 1.82) is 0 Å². The number of hydrogen-bond donors (Lipinski definition) is 2. The van der Waals surface area contributed by atoms with E-state index < -0.39 is 0 Å². The highest BCUT2D eigenvalue weighted by molar-refractivity contribution is 7.80. The molecule has 0 unspecified atom stereocenters. The van der Waals surface area contributed by atoms with Crippen molar-refractivity contribution in [2.75, 3.05) is 54.5 Å². The average molecular weight is 427 g/mol. The van der Waals surface area contributed by atoms with Crippen LogP contribution in [0.5, 0.6) is 0 Å². The van der Waals surface area contributed by atoms with Gasteiger partial charge in [0.15, 0.2) is 5.11 Å². The van der Waals surface area contributed by atoms with Crippen molar-refractivity contribution in [3.63, 3.8) is 0 Å². The monoisotopic (exact) mass is 426 g/mol. The smallest absolute Gasteiger partial charge is 0.232 e. The molecule has 30 heavy (non-hydrogen) atoms. The minimum Gasteiger partial charge on any atom is -0.378 e. The molecule has 2 saturated heterocycles. The number of piperidine rings is 1. The predicted molar refractivity (Wildman–Crippen MR) is 125 cm³/mol. The first-order valence-corrected chi connectivity index (χ1v) is 11.1. The molecule has 4 rings (SSSR count). The van der Waals surface area contributed by atoms with Crippen LogP contribution in [0.1, 0.15) is 25.3 Å². The number of morpholine rings is 1. The van der Waals surface area contributed by atoms with Gasteiger partial charge in [0.1, 0.15) is 11.6 Å². The maximum Gasteiger partial charge on any atom is 0.232 e. The van der Waals surface area contributed by atoms with E-state index in [4.69, 9.17) is 26.9 Å². The fourth-order valence-corrected chi connectivity index (χ4v) is 4.08. The third kappa shape index (κ3) is 5.58. The maximum absolute atomic E-state index is 5.51. The Balaban J connectivity index is 1.50. The molecule has 0 aliphatic carbocycles. The van der Waals surface area contributed by atoms with Crippen molar-refractivity contribution in [1.82, 2.24) is 15.3 Å².